The zero-order valence-corrected chi connectivity index (χ0v) is 11.1. The zero-order valence-electron chi connectivity index (χ0n) is 11.1. The Morgan fingerprint density at radius 1 is 0.867 bits per heavy atom. The Morgan fingerprint density at radius 3 is 2.00 bits per heavy atom. The van der Waals surface area contributed by atoms with Crippen LogP contribution >= 0.6 is 0 Å². The zero-order chi connectivity index (χ0) is 11.5. The second-order valence-corrected chi connectivity index (χ2v) is 4.88. The molecule has 0 aromatic carbocycles. The summed E-state index contributed by atoms with van der Waals surface area (Å²) < 4.78 is 0. The Kier molecular flexibility index (Phi) is 10.4. The van der Waals surface area contributed by atoms with Gasteiger partial charge in [-0.25, -0.2) is 0 Å². The molecule has 15 heavy (non-hydrogen) atoms. The van der Waals surface area contributed by atoms with Crippen molar-refractivity contribution in [3.8, 4) is 0 Å². The van der Waals surface area contributed by atoms with Gasteiger partial charge in [0.2, 0.25) is 0 Å². The normalized spacial score (nSPS) is 13.4. The van der Waals surface area contributed by atoms with Gasteiger partial charge in [-0.05, 0) is 18.8 Å². The Hall–Kier alpha value is -0.0400. The van der Waals surface area contributed by atoms with Crippen LogP contribution in [0.2, 0.25) is 0 Å². The van der Waals surface area contributed by atoms with Crippen LogP contribution < -0.4 is 5.73 Å². The van der Waals surface area contributed by atoms with Crippen LogP contribution in [-0.2, 0) is 0 Å². The lowest BCUT2D eigenvalue weighted by Crippen LogP contribution is -2.23. The van der Waals surface area contributed by atoms with Gasteiger partial charge in [0.15, 0.2) is 0 Å². The van der Waals surface area contributed by atoms with Crippen LogP contribution in [0.1, 0.15) is 78.6 Å². The summed E-state index contributed by atoms with van der Waals surface area (Å²) in [6, 6.07) is 0.455. The van der Waals surface area contributed by atoms with E-state index in [1.807, 2.05) is 0 Å². The van der Waals surface area contributed by atoms with Crippen molar-refractivity contribution in [3.63, 3.8) is 0 Å². The summed E-state index contributed by atoms with van der Waals surface area (Å²) in [6.45, 7) is 6.82. The van der Waals surface area contributed by atoms with Gasteiger partial charge in [0.1, 0.15) is 0 Å². The van der Waals surface area contributed by atoms with Crippen molar-refractivity contribution < 1.29 is 0 Å². The maximum absolute atomic E-state index is 6.14. The fourth-order valence-electron chi connectivity index (χ4n) is 2.18. The predicted octanol–water partition coefficient (Wildman–Crippen LogP) is 4.50. The number of nitrogens with two attached hydrogens (primary N) is 1. The Labute approximate surface area is 96.8 Å². The fourth-order valence-corrected chi connectivity index (χ4v) is 2.18. The van der Waals surface area contributed by atoms with E-state index in [1.54, 1.807) is 0 Å². The molecule has 0 saturated heterocycles. The van der Waals surface area contributed by atoms with Gasteiger partial charge in [-0.3, -0.25) is 0 Å². The monoisotopic (exact) mass is 213 g/mol. The summed E-state index contributed by atoms with van der Waals surface area (Å²) in [4.78, 5) is 0. The van der Waals surface area contributed by atoms with E-state index >= 15 is 0 Å². The van der Waals surface area contributed by atoms with Gasteiger partial charge >= 0.3 is 0 Å². The largest absolute Gasteiger partial charge is 0.328 e. The lowest BCUT2D eigenvalue weighted by Gasteiger charge is -2.18. The number of unbranched alkanes of at least 4 members (excludes halogenated alkanes) is 4. The molecule has 0 aliphatic rings. The molecule has 0 aliphatic heterocycles. The van der Waals surface area contributed by atoms with Crippen molar-refractivity contribution in [2.45, 2.75) is 84.6 Å². The summed E-state index contributed by atoms with van der Waals surface area (Å²) in [5.74, 6) is 0.857. The molecule has 0 saturated carbocycles. The summed E-state index contributed by atoms with van der Waals surface area (Å²) in [6.07, 6.45) is 11.9. The van der Waals surface area contributed by atoms with E-state index in [2.05, 4.69) is 20.8 Å². The first-order valence-corrected chi connectivity index (χ1v) is 7.00. The minimum atomic E-state index is 0.455. The molecule has 0 fully saturated rings. The fraction of sp³-hybridized carbons (Fsp3) is 1.00. The molecular formula is C14H31N. The lowest BCUT2D eigenvalue weighted by atomic mass is 9.92. The summed E-state index contributed by atoms with van der Waals surface area (Å²) in [5, 5.41) is 0. The third-order valence-corrected chi connectivity index (χ3v) is 3.47. The SMILES string of the molecule is CCCCCCCC(N)CC(CC)CC. The molecule has 0 amide bonds. The van der Waals surface area contributed by atoms with E-state index in [9.17, 15) is 0 Å². The van der Waals surface area contributed by atoms with E-state index in [-0.39, 0.29) is 0 Å². The van der Waals surface area contributed by atoms with E-state index < -0.39 is 0 Å². The molecule has 0 rings (SSSR count). The first-order chi connectivity index (χ1) is 7.24. The molecule has 1 heteroatoms. The Bertz CT molecular complexity index is 119. The number of hydrogen-bond donors (Lipinski definition) is 1. The van der Waals surface area contributed by atoms with E-state index in [0.29, 0.717) is 6.04 Å². The molecule has 2 N–H and O–H groups in total. The van der Waals surface area contributed by atoms with Crippen molar-refractivity contribution in [3.05, 3.63) is 0 Å². The summed E-state index contributed by atoms with van der Waals surface area (Å²) in [5.41, 5.74) is 6.14. The first kappa shape index (κ1) is 15.0. The van der Waals surface area contributed by atoms with Crippen LogP contribution in [0.15, 0.2) is 0 Å². The van der Waals surface area contributed by atoms with Gasteiger partial charge in [-0.15, -0.1) is 0 Å². The smallest absolute Gasteiger partial charge is 0.00414 e. The van der Waals surface area contributed by atoms with E-state index in [1.165, 1.54) is 57.8 Å². The van der Waals surface area contributed by atoms with Gasteiger partial charge < -0.3 is 5.73 Å². The van der Waals surface area contributed by atoms with Crippen LogP contribution in [0.25, 0.3) is 0 Å². The summed E-state index contributed by atoms with van der Waals surface area (Å²) in [7, 11) is 0. The second-order valence-electron chi connectivity index (χ2n) is 4.88. The maximum atomic E-state index is 6.14. The third-order valence-electron chi connectivity index (χ3n) is 3.47. The lowest BCUT2D eigenvalue weighted by molar-refractivity contribution is 0.388. The van der Waals surface area contributed by atoms with Crippen LogP contribution in [0.5, 0.6) is 0 Å². The van der Waals surface area contributed by atoms with Crippen LogP contribution in [-0.4, -0.2) is 6.04 Å². The molecule has 0 aromatic rings. The van der Waals surface area contributed by atoms with Gasteiger partial charge in [-0.2, -0.15) is 0 Å². The van der Waals surface area contributed by atoms with Gasteiger partial charge in [0.25, 0.3) is 0 Å². The Balaban J connectivity index is 3.35. The standard InChI is InChI=1S/C14H31N/c1-4-7-8-9-10-11-14(15)12-13(5-2)6-3/h13-14H,4-12,15H2,1-3H3. The average Bonchev–Trinajstić information content (AvgIpc) is 2.25. The number of hydrogen-bond acceptors (Lipinski definition) is 1. The van der Waals surface area contributed by atoms with Gasteiger partial charge in [0, 0.05) is 6.04 Å². The molecule has 0 aliphatic carbocycles. The molecule has 1 unspecified atom stereocenters. The number of rotatable bonds is 10. The molecule has 0 spiro atoms. The van der Waals surface area contributed by atoms with Crippen molar-refractivity contribution in [1.29, 1.82) is 0 Å². The van der Waals surface area contributed by atoms with Crippen LogP contribution in [0, 0.1) is 5.92 Å². The molecule has 0 heterocycles. The van der Waals surface area contributed by atoms with Crippen molar-refractivity contribution in [2.75, 3.05) is 0 Å². The van der Waals surface area contributed by atoms with Gasteiger partial charge in [0.05, 0.1) is 0 Å². The molecular weight excluding hydrogens is 182 g/mol. The first-order valence-electron chi connectivity index (χ1n) is 7.00. The third kappa shape index (κ3) is 8.92. The van der Waals surface area contributed by atoms with Crippen molar-refractivity contribution in [1.82, 2.24) is 0 Å². The van der Waals surface area contributed by atoms with Gasteiger partial charge in [-0.1, -0.05) is 65.7 Å². The topological polar surface area (TPSA) is 26.0 Å². The Morgan fingerprint density at radius 2 is 1.47 bits per heavy atom. The van der Waals surface area contributed by atoms with E-state index in [0.717, 1.165) is 5.92 Å². The highest BCUT2D eigenvalue weighted by Gasteiger charge is 2.09. The summed E-state index contributed by atoms with van der Waals surface area (Å²) >= 11 is 0. The average molecular weight is 213 g/mol. The quantitative estimate of drug-likeness (QED) is 0.531. The minimum absolute atomic E-state index is 0.455. The molecule has 1 nitrogen and oxygen atoms in total. The molecule has 1 atom stereocenters. The predicted molar refractivity (Wildman–Crippen MR) is 70.0 cm³/mol. The highest BCUT2D eigenvalue weighted by atomic mass is 14.6. The molecule has 0 aromatic heterocycles. The van der Waals surface area contributed by atoms with Crippen LogP contribution in [0.4, 0.5) is 0 Å². The maximum Gasteiger partial charge on any atom is 0.00414 e. The van der Waals surface area contributed by atoms with Crippen molar-refractivity contribution in [2.24, 2.45) is 11.7 Å². The highest BCUT2D eigenvalue weighted by molar-refractivity contribution is 4.67. The molecule has 92 valence electrons. The highest BCUT2D eigenvalue weighted by Crippen LogP contribution is 2.17. The molecule has 0 bridgehead atoms. The van der Waals surface area contributed by atoms with E-state index in [4.69, 9.17) is 5.73 Å². The second kappa shape index (κ2) is 10.5. The van der Waals surface area contributed by atoms with Crippen molar-refractivity contribution >= 4 is 0 Å². The molecule has 0 radical (unpaired) electrons. The van der Waals surface area contributed by atoms with Crippen LogP contribution in [0.3, 0.4) is 0 Å². The minimum Gasteiger partial charge on any atom is -0.328 e.